The lowest BCUT2D eigenvalue weighted by molar-refractivity contribution is 0.259. The predicted molar refractivity (Wildman–Crippen MR) is 83.6 cm³/mol. The van der Waals surface area contributed by atoms with Gasteiger partial charge in [-0.05, 0) is 56.2 Å². The molecule has 1 heterocycles. The van der Waals surface area contributed by atoms with Crippen molar-refractivity contribution in [3.8, 4) is 0 Å². The van der Waals surface area contributed by atoms with E-state index < -0.39 is 10.0 Å². The number of nitrogen functional groups attached to an aromatic ring is 1. The molecule has 21 heavy (non-hydrogen) atoms. The smallest absolute Gasteiger partial charge is 0.243 e. The predicted octanol–water partition coefficient (Wildman–Crippen LogP) is 1.59. The average Bonchev–Trinajstić information content (AvgIpc) is 2.85. The number of anilines is 1. The summed E-state index contributed by atoms with van der Waals surface area (Å²) in [4.78, 5) is 0.343. The van der Waals surface area contributed by atoms with Gasteiger partial charge in [0.15, 0.2) is 0 Å². The van der Waals surface area contributed by atoms with Crippen molar-refractivity contribution in [1.29, 1.82) is 0 Å². The molecule has 6 heteroatoms. The van der Waals surface area contributed by atoms with Crippen LogP contribution in [0.3, 0.4) is 0 Å². The molecular weight excluding hydrogens is 288 g/mol. The van der Waals surface area contributed by atoms with E-state index in [-0.39, 0.29) is 12.5 Å². The van der Waals surface area contributed by atoms with Gasteiger partial charge < -0.3 is 10.8 Å². The van der Waals surface area contributed by atoms with Crippen LogP contribution in [0.2, 0.25) is 0 Å². The zero-order valence-corrected chi connectivity index (χ0v) is 13.7. The van der Waals surface area contributed by atoms with Gasteiger partial charge in [0.05, 0.1) is 4.90 Å². The van der Waals surface area contributed by atoms with E-state index in [9.17, 15) is 8.42 Å². The minimum atomic E-state index is -3.52. The first-order chi connectivity index (χ1) is 9.78. The molecule has 1 aromatic carbocycles. The van der Waals surface area contributed by atoms with Crippen LogP contribution in [0.25, 0.3) is 0 Å². The molecule has 0 radical (unpaired) electrons. The third-order valence-electron chi connectivity index (χ3n) is 4.34. The van der Waals surface area contributed by atoms with Crippen LogP contribution in [-0.2, 0) is 10.0 Å². The van der Waals surface area contributed by atoms with Crippen molar-refractivity contribution in [2.45, 2.75) is 38.5 Å². The van der Waals surface area contributed by atoms with E-state index in [2.05, 4.69) is 0 Å². The van der Waals surface area contributed by atoms with Crippen LogP contribution >= 0.6 is 0 Å². The summed E-state index contributed by atoms with van der Waals surface area (Å²) in [6.45, 7) is 6.57. The highest BCUT2D eigenvalue weighted by atomic mass is 32.2. The Hall–Kier alpha value is -1.11. The van der Waals surface area contributed by atoms with Crippen LogP contribution in [0.4, 0.5) is 5.69 Å². The van der Waals surface area contributed by atoms with Crippen molar-refractivity contribution in [3.63, 3.8) is 0 Å². The Balaban J connectivity index is 2.40. The quantitative estimate of drug-likeness (QED) is 0.827. The second kappa shape index (κ2) is 5.94. The molecule has 2 rings (SSSR count). The largest absolute Gasteiger partial charge is 0.398 e. The molecule has 1 unspecified atom stereocenters. The number of rotatable bonds is 4. The van der Waals surface area contributed by atoms with E-state index >= 15 is 0 Å². The maximum absolute atomic E-state index is 12.9. The molecule has 118 valence electrons. The van der Waals surface area contributed by atoms with Gasteiger partial charge in [-0.1, -0.05) is 6.07 Å². The first-order valence-corrected chi connectivity index (χ1v) is 8.70. The van der Waals surface area contributed by atoms with Gasteiger partial charge in [-0.2, -0.15) is 4.31 Å². The molecular formula is C15H24N2O3S. The summed E-state index contributed by atoms with van der Waals surface area (Å²) >= 11 is 0. The summed E-state index contributed by atoms with van der Waals surface area (Å²) in [5.74, 6) is 0.244. The summed E-state index contributed by atoms with van der Waals surface area (Å²) < 4.78 is 27.3. The molecule has 1 aromatic rings. The fourth-order valence-electron chi connectivity index (χ4n) is 3.14. The molecule has 0 aromatic heterocycles. The van der Waals surface area contributed by atoms with Crippen LogP contribution in [0.1, 0.15) is 29.5 Å². The molecule has 1 aliphatic heterocycles. The molecule has 1 atom stereocenters. The van der Waals surface area contributed by atoms with Crippen LogP contribution < -0.4 is 5.73 Å². The van der Waals surface area contributed by atoms with Gasteiger partial charge in [-0.3, -0.25) is 0 Å². The van der Waals surface area contributed by atoms with E-state index in [1.54, 1.807) is 6.92 Å². The first-order valence-electron chi connectivity index (χ1n) is 7.26. The normalized spacial score (nSPS) is 20.1. The number of hydrogen-bond acceptors (Lipinski definition) is 4. The standard InChI is InChI=1S/C15H24N2O3S/c1-10-8-11(2)15(12(3)14(10)16)21(19,20)17-6-4-13(9-17)5-7-18/h8,13,18H,4-7,9,16H2,1-3H3. The van der Waals surface area contributed by atoms with E-state index in [4.69, 9.17) is 10.8 Å². The summed E-state index contributed by atoms with van der Waals surface area (Å²) in [7, 11) is -3.52. The third kappa shape index (κ3) is 2.93. The first kappa shape index (κ1) is 16.3. The highest BCUT2D eigenvalue weighted by molar-refractivity contribution is 7.89. The van der Waals surface area contributed by atoms with Crippen molar-refractivity contribution in [3.05, 3.63) is 22.8 Å². The highest BCUT2D eigenvalue weighted by Gasteiger charge is 2.34. The monoisotopic (exact) mass is 312 g/mol. The lowest BCUT2D eigenvalue weighted by Crippen LogP contribution is -2.30. The summed E-state index contributed by atoms with van der Waals surface area (Å²) in [5, 5.41) is 9.00. The van der Waals surface area contributed by atoms with Gasteiger partial charge >= 0.3 is 0 Å². The van der Waals surface area contributed by atoms with Crippen LogP contribution in [0.5, 0.6) is 0 Å². The Kier molecular flexibility index (Phi) is 4.60. The second-order valence-corrected chi connectivity index (χ2v) is 7.78. The topological polar surface area (TPSA) is 83.6 Å². The van der Waals surface area contributed by atoms with E-state index in [0.717, 1.165) is 17.5 Å². The van der Waals surface area contributed by atoms with Crippen LogP contribution in [0.15, 0.2) is 11.0 Å². The minimum absolute atomic E-state index is 0.105. The third-order valence-corrected chi connectivity index (χ3v) is 6.50. The molecule has 3 N–H and O–H groups in total. The maximum atomic E-state index is 12.9. The number of nitrogens with zero attached hydrogens (tertiary/aromatic N) is 1. The molecule has 0 saturated carbocycles. The van der Waals surface area contributed by atoms with Gasteiger partial charge in [0.2, 0.25) is 10.0 Å². The number of hydrogen-bond donors (Lipinski definition) is 2. The van der Waals surface area contributed by atoms with E-state index in [1.165, 1.54) is 4.31 Å². The Bertz CT molecular complexity index is 641. The number of aliphatic hydroxyl groups excluding tert-OH is 1. The fraction of sp³-hybridized carbons (Fsp3) is 0.600. The van der Waals surface area contributed by atoms with Crippen molar-refractivity contribution in [2.75, 3.05) is 25.4 Å². The van der Waals surface area contributed by atoms with Gasteiger partial charge in [0.25, 0.3) is 0 Å². The summed E-state index contributed by atoms with van der Waals surface area (Å²) in [6, 6.07) is 1.83. The highest BCUT2D eigenvalue weighted by Crippen LogP contribution is 2.33. The zero-order chi connectivity index (χ0) is 15.8. The van der Waals surface area contributed by atoms with Gasteiger partial charge in [0.1, 0.15) is 0 Å². The van der Waals surface area contributed by atoms with Crippen molar-refractivity contribution < 1.29 is 13.5 Å². The molecule has 1 fully saturated rings. The second-order valence-electron chi connectivity index (χ2n) is 5.91. The molecule has 1 aliphatic rings. The van der Waals surface area contributed by atoms with E-state index in [1.807, 2.05) is 19.9 Å². The number of aryl methyl sites for hydroxylation is 2. The lowest BCUT2D eigenvalue weighted by atomic mass is 10.1. The fourth-order valence-corrected chi connectivity index (χ4v) is 5.12. The van der Waals surface area contributed by atoms with Gasteiger partial charge in [0, 0.05) is 25.4 Å². The van der Waals surface area contributed by atoms with E-state index in [0.29, 0.717) is 35.7 Å². The summed E-state index contributed by atoms with van der Waals surface area (Å²) in [5.41, 5.74) is 8.84. The Morgan fingerprint density at radius 2 is 2.00 bits per heavy atom. The number of benzene rings is 1. The molecule has 0 amide bonds. The summed E-state index contributed by atoms with van der Waals surface area (Å²) in [6.07, 6.45) is 1.46. The van der Waals surface area contributed by atoms with Crippen LogP contribution in [0, 0.1) is 26.7 Å². The van der Waals surface area contributed by atoms with Gasteiger partial charge in [-0.15, -0.1) is 0 Å². The average molecular weight is 312 g/mol. The SMILES string of the molecule is Cc1cc(C)c(S(=O)(=O)N2CCC(CCO)C2)c(C)c1N. The van der Waals surface area contributed by atoms with Crippen molar-refractivity contribution >= 4 is 15.7 Å². The van der Waals surface area contributed by atoms with Crippen molar-refractivity contribution in [1.82, 2.24) is 4.31 Å². The molecule has 0 bridgehead atoms. The number of aliphatic hydroxyl groups is 1. The number of nitrogens with two attached hydrogens (primary N) is 1. The van der Waals surface area contributed by atoms with Crippen molar-refractivity contribution in [2.24, 2.45) is 5.92 Å². The molecule has 5 nitrogen and oxygen atoms in total. The molecule has 0 aliphatic carbocycles. The van der Waals surface area contributed by atoms with Crippen LogP contribution in [-0.4, -0.2) is 37.5 Å². The maximum Gasteiger partial charge on any atom is 0.243 e. The Labute approximate surface area is 126 Å². The Morgan fingerprint density at radius 3 is 2.62 bits per heavy atom. The lowest BCUT2D eigenvalue weighted by Gasteiger charge is -2.21. The minimum Gasteiger partial charge on any atom is -0.398 e. The Morgan fingerprint density at radius 1 is 1.33 bits per heavy atom. The molecule has 0 spiro atoms. The van der Waals surface area contributed by atoms with Gasteiger partial charge in [-0.25, -0.2) is 8.42 Å². The zero-order valence-electron chi connectivity index (χ0n) is 12.9. The number of sulfonamides is 1. The molecule has 1 saturated heterocycles.